The van der Waals surface area contributed by atoms with Crippen molar-refractivity contribution in [1.29, 1.82) is 0 Å². The number of hydrogen-bond donors (Lipinski definition) is 1. The lowest BCUT2D eigenvalue weighted by atomic mass is 9.90. The van der Waals surface area contributed by atoms with Crippen molar-refractivity contribution in [2.75, 3.05) is 12.9 Å². The smallest absolute Gasteiger partial charge is 0.313 e. The summed E-state index contributed by atoms with van der Waals surface area (Å²) >= 11 is 2.49. The minimum Gasteiger partial charge on any atom is -0.497 e. The van der Waals surface area contributed by atoms with Crippen LogP contribution in [0.1, 0.15) is 30.7 Å². The summed E-state index contributed by atoms with van der Waals surface area (Å²) in [6.07, 6.45) is 1.50. The molecule has 0 saturated carbocycles. The Bertz CT molecular complexity index is 1170. The van der Waals surface area contributed by atoms with Gasteiger partial charge >= 0.3 is 5.97 Å². The number of hydrogen-bond acceptors (Lipinski definition) is 7. The Morgan fingerprint density at radius 3 is 2.77 bits per heavy atom. The monoisotopic (exact) mass is 446 g/mol. The van der Waals surface area contributed by atoms with Gasteiger partial charge in [0.25, 0.3) is 5.56 Å². The van der Waals surface area contributed by atoms with Gasteiger partial charge in [-0.05, 0) is 43.2 Å². The summed E-state index contributed by atoms with van der Waals surface area (Å²) in [6.45, 7) is 4.60. The van der Waals surface area contributed by atoms with Gasteiger partial charge in [0, 0.05) is 11.3 Å². The van der Waals surface area contributed by atoms with E-state index in [9.17, 15) is 9.59 Å². The number of thiophene rings is 1. The lowest BCUT2D eigenvalue weighted by Gasteiger charge is -2.32. The van der Waals surface area contributed by atoms with Crippen LogP contribution in [0.4, 0.5) is 0 Å². The molecule has 1 atom stereocenters. The van der Waals surface area contributed by atoms with Crippen LogP contribution in [0.15, 0.2) is 34.2 Å². The Hall–Kier alpha value is -2.36. The topological polar surface area (TPSA) is 90.6 Å². The Labute approximate surface area is 181 Å². The van der Waals surface area contributed by atoms with Gasteiger partial charge in [-0.3, -0.25) is 14.2 Å². The van der Waals surface area contributed by atoms with Crippen LogP contribution in [0.25, 0.3) is 15.9 Å². The minimum atomic E-state index is -0.965. The van der Waals surface area contributed by atoms with Crippen molar-refractivity contribution in [3.05, 3.63) is 45.1 Å². The molecule has 0 radical (unpaired) electrons. The first kappa shape index (κ1) is 20.9. The van der Waals surface area contributed by atoms with E-state index in [1.54, 1.807) is 31.4 Å². The molecule has 1 aromatic carbocycles. The molecular formula is C21H22N2O5S2. The standard InChI is InChI=1S/C21H22N2O5S2/c1-4-21(2)9-14-15(10-28-21)30-18-17(14)19(26)23(20(22-18)29-11-16(24)25)12-5-7-13(27-3)8-6-12/h5-8H,4,9-11H2,1-3H3,(H,24,25). The number of benzene rings is 1. The zero-order valence-electron chi connectivity index (χ0n) is 16.9. The highest BCUT2D eigenvalue weighted by Gasteiger charge is 2.33. The predicted octanol–water partition coefficient (Wildman–Crippen LogP) is 3.87. The first-order valence-corrected chi connectivity index (χ1v) is 11.4. The molecule has 0 aliphatic carbocycles. The van der Waals surface area contributed by atoms with Crippen LogP contribution in [0, 0.1) is 0 Å². The number of ether oxygens (including phenoxy) is 2. The number of carboxylic acids is 1. The summed E-state index contributed by atoms with van der Waals surface area (Å²) < 4.78 is 12.8. The molecule has 3 heterocycles. The lowest BCUT2D eigenvalue weighted by Crippen LogP contribution is -2.34. The van der Waals surface area contributed by atoms with E-state index in [1.807, 2.05) is 0 Å². The highest BCUT2D eigenvalue weighted by molar-refractivity contribution is 7.99. The van der Waals surface area contributed by atoms with E-state index in [0.29, 0.717) is 39.8 Å². The van der Waals surface area contributed by atoms with E-state index in [1.165, 1.54) is 15.9 Å². The van der Waals surface area contributed by atoms with Crippen LogP contribution in [0.3, 0.4) is 0 Å². The van der Waals surface area contributed by atoms with Gasteiger partial charge in [0.2, 0.25) is 0 Å². The lowest BCUT2D eigenvalue weighted by molar-refractivity contribution is -0.133. The van der Waals surface area contributed by atoms with Gasteiger partial charge in [-0.2, -0.15) is 0 Å². The molecule has 0 fully saturated rings. The third kappa shape index (κ3) is 3.73. The zero-order valence-corrected chi connectivity index (χ0v) is 18.6. The van der Waals surface area contributed by atoms with Crippen LogP contribution in [-0.4, -0.2) is 39.1 Å². The normalized spacial score (nSPS) is 18.4. The number of aromatic nitrogens is 2. The predicted molar refractivity (Wildman–Crippen MR) is 117 cm³/mol. The van der Waals surface area contributed by atoms with Crippen molar-refractivity contribution < 1.29 is 19.4 Å². The Morgan fingerprint density at radius 1 is 1.40 bits per heavy atom. The molecular weight excluding hydrogens is 424 g/mol. The van der Waals surface area contributed by atoms with Gasteiger partial charge in [0.05, 0.1) is 36.1 Å². The van der Waals surface area contributed by atoms with E-state index in [-0.39, 0.29) is 16.9 Å². The van der Waals surface area contributed by atoms with Gasteiger partial charge in [-0.15, -0.1) is 11.3 Å². The largest absolute Gasteiger partial charge is 0.497 e. The van der Waals surface area contributed by atoms with Crippen LogP contribution in [0.5, 0.6) is 5.75 Å². The van der Waals surface area contributed by atoms with Crippen LogP contribution < -0.4 is 10.3 Å². The maximum atomic E-state index is 13.7. The quantitative estimate of drug-likeness (QED) is 0.454. The number of thioether (sulfide) groups is 1. The van der Waals surface area contributed by atoms with Crippen molar-refractivity contribution >= 4 is 39.3 Å². The Balaban J connectivity index is 1.93. The third-order valence-corrected chi connectivity index (χ3v) is 7.41. The Morgan fingerprint density at radius 2 is 2.13 bits per heavy atom. The first-order chi connectivity index (χ1) is 14.3. The molecule has 1 N–H and O–H groups in total. The van der Waals surface area contributed by atoms with Gasteiger partial charge in [-0.25, -0.2) is 4.98 Å². The van der Waals surface area contributed by atoms with E-state index in [0.717, 1.165) is 28.6 Å². The molecule has 0 spiro atoms. The third-order valence-electron chi connectivity index (χ3n) is 5.38. The van der Waals surface area contributed by atoms with Gasteiger partial charge < -0.3 is 14.6 Å². The van der Waals surface area contributed by atoms with Crippen molar-refractivity contribution in [1.82, 2.24) is 9.55 Å². The van der Waals surface area contributed by atoms with E-state index >= 15 is 0 Å². The number of aliphatic carboxylic acids is 1. The average molecular weight is 447 g/mol. The molecule has 0 saturated heterocycles. The number of carbonyl (C=O) groups is 1. The molecule has 3 aromatic rings. The summed E-state index contributed by atoms with van der Waals surface area (Å²) in [7, 11) is 1.58. The van der Waals surface area contributed by atoms with Crippen LogP contribution in [-0.2, 0) is 22.6 Å². The van der Waals surface area contributed by atoms with Crippen molar-refractivity contribution in [3.8, 4) is 11.4 Å². The fourth-order valence-electron chi connectivity index (χ4n) is 3.51. The van der Waals surface area contributed by atoms with Crippen LogP contribution in [0.2, 0.25) is 0 Å². The maximum absolute atomic E-state index is 13.7. The molecule has 4 rings (SSSR count). The van der Waals surface area contributed by atoms with Gasteiger partial charge in [0.1, 0.15) is 10.6 Å². The fraction of sp³-hybridized carbons (Fsp3) is 0.381. The molecule has 1 unspecified atom stereocenters. The fourth-order valence-corrected chi connectivity index (χ4v) is 5.39. The number of rotatable bonds is 6. The molecule has 7 nitrogen and oxygen atoms in total. The SMILES string of the molecule is CCC1(C)Cc2c(sc3nc(SCC(=O)O)n(-c4ccc(OC)cc4)c(=O)c23)CO1. The Kier molecular flexibility index (Phi) is 5.61. The highest BCUT2D eigenvalue weighted by atomic mass is 32.2. The minimum absolute atomic E-state index is 0.184. The summed E-state index contributed by atoms with van der Waals surface area (Å²) in [5.74, 6) is -0.478. The van der Waals surface area contributed by atoms with Crippen molar-refractivity contribution in [2.24, 2.45) is 0 Å². The van der Waals surface area contributed by atoms with Crippen LogP contribution >= 0.6 is 23.1 Å². The highest BCUT2D eigenvalue weighted by Crippen LogP contribution is 2.39. The van der Waals surface area contributed by atoms with E-state index in [2.05, 4.69) is 13.8 Å². The van der Waals surface area contributed by atoms with Gasteiger partial charge in [-0.1, -0.05) is 18.7 Å². The molecule has 1 aliphatic rings. The van der Waals surface area contributed by atoms with E-state index in [4.69, 9.17) is 19.6 Å². The number of nitrogens with zero attached hydrogens (tertiary/aromatic N) is 2. The molecule has 158 valence electrons. The van der Waals surface area contributed by atoms with Crippen molar-refractivity contribution in [2.45, 2.75) is 44.1 Å². The summed E-state index contributed by atoms with van der Waals surface area (Å²) in [6, 6.07) is 7.08. The zero-order chi connectivity index (χ0) is 21.5. The molecule has 0 amide bonds. The molecule has 1 aliphatic heterocycles. The summed E-state index contributed by atoms with van der Waals surface area (Å²) in [5.41, 5.74) is 1.12. The average Bonchev–Trinajstić information content (AvgIpc) is 3.10. The first-order valence-electron chi connectivity index (χ1n) is 9.55. The van der Waals surface area contributed by atoms with E-state index < -0.39 is 5.97 Å². The maximum Gasteiger partial charge on any atom is 0.313 e. The molecule has 0 bridgehead atoms. The number of fused-ring (bicyclic) bond motifs is 3. The second-order valence-corrected chi connectivity index (χ2v) is 9.39. The molecule has 30 heavy (non-hydrogen) atoms. The number of carboxylic acid groups (broad SMARTS) is 1. The molecule has 2 aromatic heterocycles. The number of methoxy groups -OCH3 is 1. The second kappa shape index (κ2) is 8.05. The second-order valence-electron chi connectivity index (χ2n) is 7.37. The van der Waals surface area contributed by atoms with Crippen molar-refractivity contribution in [3.63, 3.8) is 0 Å². The summed E-state index contributed by atoms with van der Waals surface area (Å²) in [4.78, 5) is 31.2. The van der Waals surface area contributed by atoms with Gasteiger partial charge in [0.15, 0.2) is 5.16 Å². The molecule has 9 heteroatoms. The summed E-state index contributed by atoms with van der Waals surface area (Å²) in [5, 5.41) is 10.1.